The number of nitrogens with one attached hydrogen (secondary N) is 2. The zero-order valence-corrected chi connectivity index (χ0v) is 16.1. The quantitative estimate of drug-likeness (QED) is 0.199. The predicted molar refractivity (Wildman–Crippen MR) is 90.4 cm³/mol. The van der Waals surface area contributed by atoms with Crippen LogP contribution < -0.4 is 10.6 Å². The summed E-state index contributed by atoms with van der Waals surface area (Å²) in [6.45, 7) is 0.229. The molecule has 2 atom stereocenters. The summed E-state index contributed by atoms with van der Waals surface area (Å²) in [5.41, 5.74) is 0. The lowest BCUT2D eigenvalue weighted by molar-refractivity contribution is -0.125. The van der Waals surface area contributed by atoms with Gasteiger partial charge in [0, 0.05) is 26.6 Å². The number of carbonyl (C=O) groups excluding carboxylic acids is 2. The largest absolute Gasteiger partial charge is 0.396 e. The Morgan fingerprint density at radius 1 is 1.16 bits per heavy atom. The Kier molecular flexibility index (Phi) is 16.0. The number of aliphatic hydroxyl groups is 1. The van der Waals surface area contributed by atoms with Gasteiger partial charge in [-0.1, -0.05) is 0 Å². The van der Waals surface area contributed by atoms with Gasteiger partial charge in [-0.3, -0.25) is 18.7 Å². The van der Waals surface area contributed by atoms with Crippen LogP contribution in [-0.4, -0.2) is 50.0 Å². The van der Waals surface area contributed by atoms with Gasteiger partial charge >= 0.3 is 16.9 Å². The molecule has 146 valence electrons. The molecule has 12 heteroatoms. The van der Waals surface area contributed by atoms with E-state index in [9.17, 15) is 18.7 Å². The summed E-state index contributed by atoms with van der Waals surface area (Å²) in [7, 11) is -1.75. The molecule has 0 spiro atoms. The van der Waals surface area contributed by atoms with E-state index in [4.69, 9.17) is 14.2 Å². The minimum atomic E-state index is -2.43. The van der Waals surface area contributed by atoms with Gasteiger partial charge in [-0.25, -0.2) is 4.57 Å². The lowest BCUT2D eigenvalue weighted by atomic mass is 10.2. The van der Waals surface area contributed by atoms with Crippen LogP contribution in [0.4, 0.5) is 0 Å². The standard InChI is InChI=1S/C13H26N2O8P2/c1-21-25(20)22-9-5-3-6-11(17)14-10-13(23-24-19)15-12(18)7-2-4-8-16/h13,16,25H,2-10H2,1H3,(H,14,17)(H,15,18). The highest BCUT2D eigenvalue weighted by Crippen LogP contribution is 2.21. The third-order valence-corrected chi connectivity index (χ3v) is 4.09. The van der Waals surface area contributed by atoms with Crippen LogP contribution in [-0.2, 0) is 32.3 Å². The van der Waals surface area contributed by atoms with Crippen molar-refractivity contribution in [2.24, 2.45) is 0 Å². The van der Waals surface area contributed by atoms with E-state index in [0.29, 0.717) is 25.7 Å². The van der Waals surface area contributed by atoms with E-state index in [1.165, 1.54) is 7.11 Å². The highest BCUT2D eigenvalue weighted by Gasteiger charge is 2.14. The summed E-state index contributed by atoms with van der Waals surface area (Å²) in [6, 6.07) is 0. The van der Waals surface area contributed by atoms with Crippen molar-refractivity contribution in [3.05, 3.63) is 0 Å². The zero-order valence-electron chi connectivity index (χ0n) is 14.2. The molecule has 10 nitrogen and oxygen atoms in total. The molecule has 0 heterocycles. The summed E-state index contributed by atoms with van der Waals surface area (Å²) < 4.78 is 35.6. The molecular weight excluding hydrogens is 374 g/mol. The Labute approximate surface area is 149 Å². The van der Waals surface area contributed by atoms with Crippen molar-refractivity contribution in [2.75, 3.05) is 26.9 Å². The second-order valence-corrected chi connectivity index (χ2v) is 6.54. The van der Waals surface area contributed by atoms with Crippen molar-refractivity contribution in [3.63, 3.8) is 0 Å². The van der Waals surface area contributed by atoms with Crippen molar-refractivity contribution >= 4 is 28.8 Å². The number of amides is 2. The van der Waals surface area contributed by atoms with Crippen LogP contribution in [0.1, 0.15) is 38.5 Å². The molecule has 0 aromatic heterocycles. The van der Waals surface area contributed by atoms with Gasteiger partial charge in [0.2, 0.25) is 11.8 Å². The van der Waals surface area contributed by atoms with Crippen molar-refractivity contribution in [1.29, 1.82) is 0 Å². The number of hydrogen-bond acceptors (Lipinski definition) is 8. The van der Waals surface area contributed by atoms with E-state index in [1.807, 2.05) is 0 Å². The molecule has 0 rings (SSSR count). The van der Waals surface area contributed by atoms with Gasteiger partial charge in [-0.15, -0.1) is 0 Å². The average molecular weight is 400 g/mol. The predicted octanol–water partition coefficient (Wildman–Crippen LogP) is 1.15. The minimum absolute atomic E-state index is 0.00995. The Morgan fingerprint density at radius 2 is 1.84 bits per heavy atom. The van der Waals surface area contributed by atoms with Gasteiger partial charge in [0.1, 0.15) is 0 Å². The third kappa shape index (κ3) is 15.1. The summed E-state index contributed by atoms with van der Waals surface area (Å²) in [6.07, 6.45) is 1.64. The molecule has 0 aromatic rings. The van der Waals surface area contributed by atoms with Gasteiger partial charge in [-0.2, -0.15) is 0 Å². The first-order chi connectivity index (χ1) is 12.0. The molecule has 0 aliphatic carbocycles. The van der Waals surface area contributed by atoms with Gasteiger partial charge in [-0.05, 0) is 25.7 Å². The Balaban J connectivity index is 3.92. The number of unbranched alkanes of at least 4 members (excludes halogenated alkanes) is 2. The first-order valence-corrected chi connectivity index (χ1v) is 9.85. The molecule has 3 N–H and O–H groups in total. The summed E-state index contributed by atoms with van der Waals surface area (Å²) in [5.74, 6) is -0.577. The molecule has 0 saturated carbocycles. The van der Waals surface area contributed by atoms with Crippen molar-refractivity contribution in [3.8, 4) is 0 Å². The summed E-state index contributed by atoms with van der Waals surface area (Å²) >= 11 is 0. The van der Waals surface area contributed by atoms with Crippen LogP contribution in [0.5, 0.6) is 0 Å². The molecule has 0 fully saturated rings. The van der Waals surface area contributed by atoms with Gasteiger partial charge in [0.05, 0.1) is 13.2 Å². The fourth-order valence-corrected chi connectivity index (χ4v) is 2.37. The lowest BCUT2D eigenvalue weighted by Gasteiger charge is -2.16. The van der Waals surface area contributed by atoms with Crippen LogP contribution in [0.25, 0.3) is 0 Å². The van der Waals surface area contributed by atoms with Crippen LogP contribution in [0, 0.1) is 0 Å². The molecule has 2 unspecified atom stereocenters. The smallest absolute Gasteiger partial charge is 0.329 e. The number of aliphatic hydroxyl groups excluding tert-OH is 1. The molecule has 2 amide bonds. The normalized spacial score (nSPS) is 13.4. The average Bonchev–Trinajstić information content (AvgIpc) is 2.59. The lowest BCUT2D eigenvalue weighted by Crippen LogP contribution is -2.44. The fraction of sp³-hybridized carbons (Fsp3) is 0.846. The van der Waals surface area contributed by atoms with E-state index in [-0.39, 0.29) is 44.4 Å². The van der Waals surface area contributed by atoms with E-state index in [1.54, 1.807) is 0 Å². The first kappa shape index (κ1) is 24.1. The second-order valence-electron chi connectivity index (χ2n) is 4.98. The number of carbonyl (C=O) groups is 2. The van der Waals surface area contributed by atoms with E-state index >= 15 is 0 Å². The molecule has 0 saturated heterocycles. The maximum atomic E-state index is 11.7. The Hall–Kier alpha value is -0.890. The minimum Gasteiger partial charge on any atom is -0.396 e. The third-order valence-electron chi connectivity index (χ3n) is 2.97. The van der Waals surface area contributed by atoms with Gasteiger partial charge in [0.25, 0.3) is 0 Å². The van der Waals surface area contributed by atoms with Crippen LogP contribution in [0.3, 0.4) is 0 Å². The Morgan fingerprint density at radius 3 is 2.48 bits per heavy atom. The second kappa shape index (κ2) is 16.6. The molecule has 0 aliphatic heterocycles. The van der Waals surface area contributed by atoms with Gasteiger partial charge < -0.3 is 24.8 Å². The van der Waals surface area contributed by atoms with Crippen LogP contribution >= 0.6 is 16.9 Å². The maximum Gasteiger partial charge on any atom is 0.329 e. The van der Waals surface area contributed by atoms with Crippen molar-refractivity contribution < 1.29 is 37.4 Å². The van der Waals surface area contributed by atoms with Crippen LogP contribution in [0.15, 0.2) is 0 Å². The van der Waals surface area contributed by atoms with Gasteiger partial charge in [0.15, 0.2) is 6.23 Å². The summed E-state index contributed by atoms with van der Waals surface area (Å²) in [4.78, 5) is 23.3. The molecule has 0 aliphatic rings. The topological polar surface area (TPSA) is 140 Å². The molecule has 0 radical (unpaired) electrons. The van der Waals surface area contributed by atoms with Crippen molar-refractivity contribution in [1.82, 2.24) is 10.6 Å². The molecule has 0 bridgehead atoms. The Bertz CT molecular complexity index is 425. The van der Waals surface area contributed by atoms with E-state index < -0.39 is 23.2 Å². The van der Waals surface area contributed by atoms with Crippen LogP contribution in [0.2, 0.25) is 0 Å². The highest BCUT2D eigenvalue weighted by atomic mass is 31.1. The first-order valence-electron chi connectivity index (χ1n) is 7.89. The monoisotopic (exact) mass is 400 g/mol. The SMILES string of the molecule is CO[PH](=O)OCCCCC(=O)NCC(NC(=O)CCCCO)OP=O. The fourth-order valence-electron chi connectivity index (χ4n) is 1.71. The maximum absolute atomic E-state index is 11.7. The zero-order chi connectivity index (χ0) is 18.9. The summed E-state index contributed by atoms with van der Waals surface area (Å²) in [5, 5.41) is 13.7. The van der Waals surface area contributed by atoms with Crippen molar-refractivity contribution in [2.45, 2.75) is 44.8 Å². The number of hydrogen-bond donors (Lipinski definition) is 3. The molecule has 25 heavy (non-hydrogen) atoms. The van der Waals surface area contributed by atoms with E-state index in [0.717, 1.165) is 0 Å². The molecule has 0 aromatic carbocycles. The number of rotatable bonds is 16. The van der Waals surface area contributed by atoms with E-state index in [2.05, 4.69) is 15.2 Å². The highest BCUT2D eigenvalue weighted by molar-refractivity contribution is 7.33. The molecular formula is C13H26N2O8P2.